The van der Waals surface area contributed by atoms with Gasteiger partial charge in [0.1, 0.15) is 5.82 Å². The van der Waals surface area contributed by atoms with Crippen LogP contribution in [0.5, 0.6) is 0 Å². The molecule has 1 fully saturated rings. The Labute approximate surface area is 171 Å². The van der Waals surface area contributed by atoms with Crippen LogP contribution in [0.2, 0.25) is 5.02 Å². The minimum atomic E-state index is -2.23. The maximum atomic E-state index is 13.4. The third-order valence-corrected chi connectivity index (χ3v) is 4.74. The van der Waals surface area contributed by atoms with E-state index in [1.807, 2.05) is 0 Å². The molecule has 2 aromatic carbocycles. The maximum absolute atomic E-state index is 13.4. The molecule has 2 aromatic rings. The van der Waals surface area contributed by atoms with Crippen LogP contribution in [0.4, 0.5) is 15.8 Å². The number of hydrogen-bond acceptors (Lipinski definition) is 4. The second-order valence-corrected chi connectivity index (χ2v) is 7.20. The molecule has 29 heavy (non-hydrogen) atoms. The highest BCUT2D eigenvalue weighted by Crippen LogP contribution is 2.30. The molecule has 9 heteroatoms. The van der Waals surface area contributed by atoms with Gasteiger partial charge in [-0.1, -0.05) is 17.7 Å². The Hall–Kier alpha value is -2.97. The van der Waals surface area contributed by atoms with Gasteiger partial charge in [-0.3, -0.25) is 14.4 Å². The van der Waals surface area contributed by atoms with Gasteiger partial charge in [-0.05, 0) is 42.0 Å². The second-order valence-electron chi connectivity index (χ2n) is 6.76. The molecule has 1 atom stereocenters. The summed E-state index contributed by atoms with van der Waals surface area (Å²) < 4.78 is 13.4. The molecule has 7 nitrogen and oxygen atoms in total. The molecule has 0 bridgehead atoms. The average Bonchev–Trinajstić information content (AvgIpc) is 2.95. The molecule has 3 rings (SSSR count). The van der Waals surface area contributed by atoms with Crippen LogP contribution in [0.15, 0.2) is 42.5 Å². The van der Waals surface area contributed by atoms with Gasteiger partial charge in [0, 0.05) is 42.8 Å². The minimum Gasteiger partial charge on any atom is -0.372 e. The summed E-state index contributed by atoms with van der Waals surface area (Å²) >= 11 is 5.79. The van der Waals surface area contributed by atoms with Crippen LogP contribution >= 0.6 is 11.6 Å². The van der Waals surface area contributed by atoms with Crippen LogP contribution in [-0.4, -0.2) is 35.0 Å². The van der Waals surface area contributed by atoms with Gasteiger partial charge in [-0.15, -0.1) is 0 Å². The van der Waals surface area contributed by atoms with Gasteiger partial charge in [0.05, 0.1) is 0 Å². The molecule has 3 amide bonds. The predicted molar refractivity (Wildman–Crippen MR) is 106 cm³/mol. The molecule has 152 valence electrons. The van der Waals surface area contributed by atoms with Crippen molar-refractivity contribution < 1.29 is 23.9 Å². The molecule has 0 spiro atoms. The van der Waals surface area contributed by atoms with Crippen LogP contribution in [0.3, 0.4) is 0 Å². The van der Waals surface area contributed by atoms with E-state index >= 15 is 0 Å². The lowest BCUT2D eigenvalue weighted by Gasteiger charge is -2.22. The molecule has 0 saturated carbocycles. The van der Waals surface area contributed by atoms with Crippen molar-refractivity contribution in [2.24, 2.45) is 0 Å². The monoisotopic (exact) mass is 419 g/mol. The van der Waals surface area contributed by atoms with Gasteiger partial charge in [0.25, 0.3) is 11.8 Å². The zero-order valence-electron chi connectivity index (χ0n) is 15.5. The predicted octanol–water partition coefficient (Wildman–Crippen LogP) is 2.22. The fourth-order valence-electron chi connectivity index (χ4n) is 3.16. The number of aliphatic hydroxyl groups is 1. The van der Waals surface area contributed by atoms with E-state index in [4.69, 9.17) is 11.6 Å². The van der Waals surface area contributed by atoms with Gasteiger partial charge >= 0.3 is 0 Å². The second kappa shape index (κ2) is 8.18. The third kappa shape index (κ3) is 4.55. The molecule has 1 heterocycles. The van der Waals surface area contributed by atoms with Gasteiger partial charge < -0.3 is 20.6 Å². The van der Waals surface area contributed by atoms with Crippen molar-refractivity contribution >= 4 is 40.7 Å². The zero-order chi connectivity index (χ0) is 21.2. The first kappa shape index (κ1) is 20.8. The number of halogens is 2. The summed E-state index contributed by atoms with van der Waals surface area (Å²) in [6.45, 7) is 1.39. The topological polar surface area (TPSA) is 98.7 Å². The summed E-state index contributed by atoms with van der Waals surface area (Å²) in [5.41, 5.74) is -0.897. The van der Waals surface area contributed by atoms with Crippen LogP contribution in [-0.2, 0) is 20.9 Å². The lowest BCUT2D eigenvalue weighted by atomic mass is 10.0. The number of nitrogens with zero attached hydrogens (tertiary/aromatic N) is 1. The highest BCUT2D eigenvalue weighted by atomic mass is 35.5. The van der Waals surface area contributed by atoms with E-state index in [0.717, 1.165) is 6.07 Å². The summed E-state index contributed by atoms with van der Waals surface area (Å²) in [6, 6.07) is 10.3. The summed E-state index contributed by atoms with van der Waals surface area (Å²) in [6.07, 6.45) is -0.105. The van der Waals surface area contributed by atoms with E-state index in [1.165, 1.54) is 24.0 Å². The number of rotatable bonds is 5. The highest BCUT2D eigenvalue weighted by Gasteiger charge is 2.51. The smallest absolute Gasteiger partial charge is 0.268 e. The third-order valence-electron chi connectivity index (χ3n) is 4.53. The van der Waals surface area contributed by atoms with Gasteiger partial charge in [-0.25, -0.2) is 4.39 Å². The van der Waals surface area contributed by atoms with Gasteiger partial charge in [-0.2, -0.15) is 0 Å². The Morgan fingerprint density at radius 2 is 2.03 bits per heavy atom. The van der Waals surface area contributed by atoms with Gasteiger partial charge in [0.2, 0.25) is 11.5 Å². The number of amides is 3. The average molecular weight is 420 g/mol. The first-order chi connectivity index (χ1) is 13.7. The van der Waals surface area contributed by atoms with Crippen LogP contribution in [0, 0.1) is 5.82 Å². The Bertz CT molecular complexity index is 964. The molecule has 0 aromatic heterocycles. The van der Waals surface area contributed by atoms with E-state index in [9.17, 15) is 23.9 Å². The minimum absolute atomic E-state index is 0.0933. The van der Waals surface area contributed by atoms with Gasteiger partial charge in [0.15, 0.2) is 0 Å². The number of benzene rings is 2. The molecule has 3 N–H and O–H groups in total. The Kier molecular flexibility index (Phi) is 5.86. The largest absolute Gasteiger partial charge is 0.372 e. The van der Waals surface area contributed by atoms with E-state index < -0.39 is 23.2 Å². The van der Waals surface area contributed by atoms with Crippen LogP contribution in [0.25, 0.3) is 0 Å². The molecule has 1 aliphatic heterocycles. The van der Waals surface area contributed by atoms with Crippen LogP contribution in [0.1, 0.15) is 18.9 Å². The lowest BCUT2D eigenvalue weighted by Crippen LogP contribution is -2.52. The number of anilines is 2. The fourth-order valence-corrected chi connectivity index (χ4v) is 3.40. The van der Waals surface area contributed by atoms with E-state index in [1.54, 1.807) is 24.3 Å². The van der Waals surface area contributed by atoms with Crippen molar-refractivity contribution in [3.63, 3.8) is 0 Å². The summed E-state index contributed by atoms with van der Waals surface area (Å²) in [5, 5.41) is 15.9. The molecule has 0 radical (unpaired) electrons. The first-order valence-corrected chi connectivity index (χ1v) is 9.22. The molecule has 1 saturated heterocycles. The molecular formula is C20H19ClFN3O4. The Morgan fingerprint density at radius 3 is 2.72 bits per heavy atom. The maximum Gasteiger partial charge on any atom is 0.268 e. The number of carbonyl (C=O) groups excluding carboxylic acids is 3. The molecular weight excluding hydrogens is 401 g/mol. The summed E-state index contributed by atoms with van der Waals surface area (Å²) in [4.78, 5) is 37.8. The van der Waals surface area contributed by atoms with Crippen molar-refractivity contribution in [3.8, 4) is 0 Å². The number of nitrogens with one attached hydrogen (secondary N) is 2. The van der Waals surface area contributed by atoms with Crippen molar-refractivity contribution in [1.29, 1.82) is 0 Å². The SMILES string of the molecule is CC(=O)Nc1cccc(N2CC[C@](O)(C(=O)NCc3cc(F)cc(Cl)c3)C2=O)c1. The lowest BCUT2D eigenvalue weighted by molar-refractivity contribution is -0.149. The fraction of sp³-hybridized carbons (Fsp3) is 0.250. The standard InChI is InChI=1S/C20H19ClFN3O4/c1-12(26)24-16-3-2-4-17(10-16)25-6-5-20(29,19(25)28)18(27)23-11-13-7-14(21)9-15(22)8-13/h2-4,7-10,29H,5-6,11H2,1H3,(H,23,27)(H,24,26)/t20-/m0/s1. The van der Waals surface area contributed by atoms with Crippen molar-refractivity contribution in [2.75, 3.05) is 16.8 Å². The quantitative estimate of drug-likeness (QED) is 0.647. The first-order valence-electron chi connectivity index (χ1n) is 8.84. The Morgan fingerprint density at radius 1 is 1.28 bits per heavy atom. The summed E-state index contributed by atoms with van der Waals surface area (Å²) in [7, 11) is 0. The Balaban J connectivity index is 1.71. The van der Waals surface area contributed by atoms with E-state index in [0.29, 0.717) is 16.9 Å². The van der Waals surface area contributed by atoms with Crippen molar-refractivity contribution in [2.45, 2.75) is 25.5 Å². The molecule has 0 unspecified atom stereocenters. The van der Waals surface area contributed by atoms with E-state index in [-0.39, 0.29) is 30.4 Å². The van der Waals surface area contributed by atoms with Crippen molar-refractivity contribution in [1.82, 2.24) is 5.32 Å². The molecule has 1 aliphatic rings. The highest BCUT2D eigenvalue weighted by molar-refractivity contribution is 6.30. The number of carbonyl (C=O) groups is 3. The zero-order valence-corrected chi connectivity index (χ0v) is 16.3. The normalized spacial score (nSPS) is 18.6. The molecule has 0 aliphatic carbocycles. The van der Waals surface area contributed by atoms with Crippen LogP contribution < -0.4 is 15.5 Å². The van der Waals surface area contributed by atoms with E-state index in [2.05, 4.69) is 10.6 Å². The summed E-state index contributed by atoms with van der Waals surface area (Å²) in [5.74, 6) is -2.46. The number of hydrogen-bond donors (Lipinski definition) is 3. The van der Waals surface area contributed by atoms with Crippen molar-refractivity contribution in [3.05, 3.63) is 58.9 Å².